The van der Waals surface area contributed by atoms with Gasteiger partial charge in [-0.15, -0.1) is 0 Å². The molecule has 0 saturated heterocycles. The standard InChI is InChI=1S/C10H10NO3S.C9H7ClNO2S.6CH3.2Sn/c1-14-9-3-4-10-8(7-9)5-6-11(10)15(2,12)13;1-14(12,13)11-5-4-7-6-8(10)2-3-9(7)11;;;;;;;;/h3-4,6-7H,1-2H3;2-3,5-6H,1H3;6*1H3;;. The van der Waals surface area contributed by atoms with Crippen LogP contribution < -0.4 is 11.9 Å². The van der Waals surface area contributed by atoms with Gasteiger partial charge < -0.3 is 0 Å². The predicted molar refractivity (Wildman–Crippen MR) is 162 cm³/mol. The van der Waals surface area contributed by atoms with E-state index in [9.17, 15) is 16.8 Å². The van der Waals surface area contributed by atoms with E-state index in [-0.39, 0.29) is 0 Å². The number of methoxy groups -OCH3 is 1. The molecule has 2 aromatic carbocycles. The second-order valence-corrected chi connectivity index (χ2v) is 44.2. The molecule has 202 valence electrons. The van der Waals surface area contributed by atoms with Gasteiger partial charge in [0.1, 0.15) is 0 Å². The zero-order valence-electron chi connectivity index (χ0n) is 22.7. The first-order chi connectivity index (χ1) is 16.7. The molecule has 7 nitrogen and oxygen atoms in total. The van der Waals surface area contributed by atoms with E-state index in [2.05, 4.69) is 29.6 Å². The molecule has 12 heteroatoms. The van der Waals surface area contributed by atoms with Crippen molar-refractivity contribution >= 4 is 97.4 Å². The molecule has 0 saturated carbocycles. The third-order valence-electron chi connectivity index (χ3n) is 6.04. The van der Waals surface area contributed by atoms with Crippen LogP contribution in [0.5, 0.6) is 5.75 Å². The summed E-state index contributed by atoms with van der Waals surface area (Å²) >= 11 is 1.25. The first-order valence-corrected chi connectivity index (χ1v) is 35.7. The number of nitrogens with zero attached hydrogens (tertiary/aromatic N) is 2. The molecule has 0 unspecified atom stereocenters. The van der Waals surface area contributed by atoms with E-state index in [4.69, 9.17) is 16.3 Å². The number of ether oxygens (including phenoxy) is 1. The van der Waals surface area contributed by atoms with Crippen LogP contribution in [0, 0.1) is 0 Å². The Labute approximate surface area is 233 Å². The summed E-state index contributed by atoms with van der Waals surface area (Å²) in [6, 6.07) is 10.9. The summed E-state index contributed by atoms with van der Waals surface area (Å²) in [5.74, 6) is 0.760. The molecule has 0 aliphatic rings. The monoisotopic (exact) mass is 782 g/mol. The number of benzene rings is 2. The summed E-state index contributed by atoms with van der Waals surface area (Å²) in [6.45, 7) is 0. The third-order valence-corrected chi connectivity index (χ3v) is 19.8. The number of hydrogen-bond donors (Lipinski definition) is 0. The fourth-order valence-electron chi connectivity index (χ4n) is 4.22. The Morgan fingerprint density at radius 1 is 0.703 bits per heavy atom. The summed E-state index contributed by atoms with van der Waals surface area (Å²) < 4.78 is 57.8. The molecule has 0 amide bonds. The summed E-state index contributed by atoms with van der Waals surface area (Å²) in [5.41, 5.74) is 1.47. The van der Waals surface area contributed by atoms with Crippen LogP contribution in [0.25, 0.3) is 21.8 Å². The van der Waals surface area contributed by atoms with Crippen LogP contribution in [0.2, 0.25) is 34.7 Å². The van der Waals surface area contributed by atoms with Gasteiger partial charge >= 0.3 is 236 Å². The topological polar surface area (TPSA) is 87.4 Å². The number of rotatable bonds is 5. The summed E-state index contributed by atoms with van der Waals surface area (Å²) in [5, 5.41) is 2.63. The number of fused-ring (bicyclic) bond motifs is 2. The molecule has 0 radical (unpaired) electrons. The van der Waals surface area contributed by atoms with Crippen LogP contribution in [0.15, 0.2) is 48.8 Å². The van der Waals surface area contributed by atoms with Gasteiger partial charge in [0.15, 0.2) is 0 Å². The minimum atomic E-state index is -3.28. The van der Waals surface area contributed by atoms with Crippen LogP contribution in [0.3, 0.4) is 0 Å². The van der Waals surface area contributed by atoms with Gasteiger partial charge in [0.05, 0.1) is 0 Å². The van der Waals surface area contributed by atoms with Crippen molar-refractivity contribution in [3.8, 4) is 5.75 Å². The van der Waals surface area contributed by atoms with Crippen LogP contribution >= 0.6 is 11.6 Å². The molecule has 2 aromatic heterocycles. The van der Waals surface area contributed by atoms with E-state index in [0.717, 1.165) is 27.6 Å². The molecule has 2 heterocycles. The van der Waals surface area contributed by atoms with Crippen molar-refractivity contribution in [2.45, 2.75) is 29.6 Å². The first kappa shape index (κ1) is 30.6. The van der Waals surface area contributed by atoms with Gasteiger partial charge in [-0.2, -0.15) is 0 Å². The summed E-state index contributed by atoms with van der Waals surface area (Å²) in [4.78, 5) is 13.6. The Balaban J connectivity index is 0.000000206. The van der Waals surface area contributed by atoms with Gasteiger partial charge in [0.2, 0.25) is 0 Å². The molecule has 0 N–H and O–H groups in total. The number of hydrogen-bond acceptors (Lipinski definition) is 5. The molecule has 4 rings (SSSR count). The fourth-order valence-corrected chi connectivity index (χ4v) is 15.3. The van der Waals surface area contributed by atoms with Crippen molar-refractivity contribution in [1.29, 1.82) is 0 Å². The second kappa shape index (κ2) is 10.6. The zero-order chi connectivity index (χ0) is 28.1. The molecule has 4 aromatic rings. The molecule has 0 fully saturated rings. The third kappa shape index (κ3) is 6.82. The van der Waals surface area contributed by atoms with Crippen molar-refractivity contribution in [2.24, 2.45) is 0 Å². The first-order valence-electron chi connectivity index (χ1n) is 11.7. The van der Waals surface area contributed by atoms with Crippen molar-refractivity contribution < 1.29 is 21.6 Å². The van der Waals surface area contributed by atoms with Crippen LogP contribution in [0.4, 0.5) is 0 Å². The van der Waals surface area contributed by atoms with Crippen LogP contribution in [-0.2, 0) is 20.0 Å². The minimum absolute atomic E-state index is 0.644. The van der Waals surface area contributed by atoms with Crippen molar-refractivity contribution in [2.75, 3.05) is 19.6 Å². The van der Waals surface area contributed by atoms with E-state index in [1.54, 1.807) is 37.7 Å². The van der Waals surface area contributed by atoms with Crippen LogP contribution in [-0.4, -0.2) is 81.2 Å². The summed E-state index contributed by atoms with van der Waals surface area (Å²) in [7, 11) is -4.93. The molecule has 0 atom stereocenters. The summed E-state index contributed by atoms with van der Waals surface area (Å²) in [6.07, 6.45) is 6.05. The van der Waals surface area contributed by atoms with Crippen LogP contribution in [0.1, 0.15) is 0 Å². The van der Waals surface area contributed by atoms with E-state index in [0.29, 0.717) is 5.02 Å². The van der Waals surface area contributed by atoms with Crippen molar-refractivity contribution in [1.82, 2.24) is 7.94 Å². The van der Waals surface area contributed by atoms with Crippen molar-refractivity contribution in [3.05, 3.63) is 53.8 Å². The number of halogens is 1. The average Bonchev–Trinajstić information content (AvgIpc) is 3.31. The van der Waals surface area contributed by atoms with E-state index >= 15 is 0 Å². The molecule has 0 bridgehead atoms. The molecule has 37 heavy (non-hydrogen) atoms. The van der Waals surface area contributed by atoms with Gasteiger partial charge in [0, 0.05) is 0 Å². The average molecular weight is 781 g/mol. The van der Waals surface area contributed by atoms with E-state index in [1.165, 1.54) is 27.6 Å². The van der Waals surface area contributed by atoms with Crippen molar-refractivity contribution in [3.63, 3.8) is 0 Å². The molecule has 0 aliphatic carbocycles. The molecular formula is C25H35ClN2O5S2Sn2. The molecular weight excluding hydrogens is 745 g/mol. The van der Waals surface area contributed by atoms with Gasteiger partial charge in [-0.25, -0.2) is 0 Å². The fraction of sp³-hybridized carbons (Fsp3) is 0.360. The van der Waals surface area contributed by atoms with Gasteiger partial charge in [0.25, 0.3) is 0 Å². The molecule has 0 spiro atoms. The number of aromatic nitrogens is 2. The normalized spacial score (nSPS) is 13.0. The zero-order valence-corrected chi connectivity index (χ0v) is 30.8. The van der Waals surface area contributed by atoms with Gasteiger partial charge in [-0.3, -0.25) is 0 Å². The SMILES string of the molecule is COc1ccc2c(c1)[c]([Sn]([CH3])([CH3])[CH3])cn2S(C)(=O)=O.CS(=O)(=O)n1c[c]([Sn]([CH3])([CH3])[CH3])c2cc(Cl)ccc21. The van der Waals surface area contributed by atoms with Gasteiger partial charge in [-0.1, -0.05) is 0 Å². The predicted octanol–water partition coefficient (Wildman–Crippen LogP) is 4.65. The Kier molecular flexibility index (Phi) is 8.77. The van der Waals surface area contributed by atoms with E-state index in [1.807, 2.05) is 18.2 Å². The Hall–Kier alpha value is -0.893. The van der Waals surface area contributed by atoms with Gasteiger partial charge in [-0.05, 0) is 0 Å². The van der Waals surface area contributed by atoms with E-state index < -0.39 is 56.8 Å². The Morgan fingerprint density at radius 3 is 1.49 bits per heavy atom. The quantitative estimate of drug-likeness (QED) is 0.276. The Bertz CT molecular complexity index is 1690. The Morgan fingerprint density at radius 2 is 1.11 bits per heavy atom. The maximum atomic E-state index is 11.9. The second-order valence-electron chi connectivity index (χ2n) is 11.2. The molecule has 0 aliphatic heterocycles. The maximum absolute atomic E-state index is 11.9.